The van der Waals surface area contributed by atoms with Crippen LogP contribution in [0, 0.1) is 12.3 Å². The predicted octanol–water partition coefficient (Wildman–Crippen LogP) is 1.42. The molecule has 2 aromatic carbocycles. The van der Waals surface area contributed by atoms with Crippen molar-refractivity contribution in [1.82, 2.24) is 15.4 Å². The summed E-state index contributed by atoms with van der Waals surface area (Å²) >= 11 is 0. The summed E-state index contributed by atoms with van der Waals surface area (Å²) in [5, 5.41) is 18.4. The smallest absolute Gasteiger partial charge is 0.475 e. The number of aromatic nitrogens is 1. The molecule has 0 saturated heterocycles. The number of hydroxylamine groups is 1. The number of anilines is 1. The molecular weight excluding hydrogens is 573 g/mol. The number of aryl methyl sites for hydroxylation is 1. The normalized spacial score (nSPS) is 11.2. The fourth-order valence-electron chi connectivity index (χ4n) is 3.34. The first-order valence-corrected chi connectivity index (χ1v) is 13.2. The first kappa shape index (κ1) is 32.6. The molecule has 222 valence electrons. The Kier molecular flexibility index (Phi) is 11.2. The maximum Gasteiger partial charge on any atom is 0.490 e. The summed E-state index contributed by atoms with van der Waals surface area (Å²) in [6.45, 7) is 1.50. The minimum absolute atomic E-state index is 0.0488. The number of amides is 1. The quantitative estimate of drug-likeness (QED) is 0.0860. The number of carboxylic acid groups (broad SMARTS) is 1. The van der Waals surface area contributed by atoms with Crippen molar-refractivity contribution in [3.8, 4) is 0 Å². The third-order valence-corrected chi connectivity index (χ3v) is 6.36. The van der Waals surface area contributed by atoms with Gasteiger partial charge in [0, 0.05) is 12.2 Å². The SMILES string of the molecule is Cc1ccc(NS(=O)(=O)Cc2cccc3ccccc23)c(=O)n1CC(=O)NCCONC(=N)N.O=C(O)C(F)(F)F. The van der Waals surface area contributed by atoms with Gasteiger partial charge in [-0.2, -0.15) is 13.2 Å². The highest BCUT2D eigenvalue weighted by Gasteiger charge is 2.38. The number of aliphatic carboxylic acids is 1. The number of benzene rings is 2. The van der Waals surface area contributed by atoms with E-state index < -0.39 is 33.6 Å². The number of halogens is 3. The van der Waals surface area contributed by atoms with E-state index in [9.17, 15) is 31.2 Å². The molecule has 0 spiro atoms. The van der Waals surface area contributed by atoms with Gasteiger partial charge in [0.2, 0.25) is 21.9 Å². The van der Waals surface area contributed by atoms with E-state index in [-0.39, 0.29) is 37.1 Å². The number of nitrogens with one attached hydrogen (secondary N) is 4. The summed E-state index contributed by atoms with van der Waals surface area (Å²) < 4.78 is 61.0. The van der Waals surface area contributed by atoms with Gasteiger partial charge in [0.15, 0.2) is 0 Å². The lowest BCUT2D eigenvalue weighted by Gasteiger charge is -2.14. The second-order valence-electron chi connectivity index (χ2n) is 8.30. The molecule has 0 radical (unpaired) electrons. The van der Waals surface area contributed by atoms with Crippen LogP contribution in [0.25, 0.3) is 10.8 Å². The number of carboxylic acids is 1. The van der Waals surface area contributed by atoms with Crippen molar-refractivity contribution in [2.45, 2.75) is 25.4 Å². The number of sulfonamides is 1. The van der Waals surface area contributed by atoms with Crippen molar-refractivity contribution in [1.29, 1.82) is 5.41 Å². The zero-order valence-corrected chi connectivity index (χ0v) is 22.3. The number of carbonyl (C=O) groups excluding carboxylic acids is 1. The van der Waals surface area contributed by atoms with Gasteiger partial charge < -0.3 is 20.7 Å². The van der Waals surface area contributed by atoms with E-state index in [4.69, 9.17) is 25.9 Å². The average Bonchev–Trinajstić information content (AvgIpc) is 2.87. The number of nitrogens with zero attached hydrogens (tertiary/aromatic N) is 1. The molecule has 17 heteroatoms. The number of fused-ring (bicyclic) bond motifs is 1. The second-order valence-corrected chi connectivity index (χ2v) is 10.0. The molecule has 1 heterocycles. The van der Waals surface area contributed by atoms with Gasteiger partial charge in [-0.05, 0) is 35.4 Å². The highest BCUT2D eigenvalue weighted by atomic mass is 32.2. The number of nitrogens with two attached hydrogens (primary N) is 1. The highest BCUT2D eigenvalue weighted by Crippen LogP contribution is 2.21. The predicted molar refractivity (Wildman–Crippen MR) is 143 cm³/mol. The zero-order valence-electron chi connectivity index (χ0n) is 21.5. The largest absolute Gasteiger partial charge is 0.490 e. The summed E-state index contributed by atoms with van der Waals surface area (Å²) in [6, 6.07) is 15.8. The van der Waals surface area contributed by atoms with E-state index in [2.05, 4.69) is 15.5 Å². The van der Waals surface area contributed by atoms with Gasteiger partial charge in [-0.25, -0.2) is 18.7 Å². The van der Waals surface area contributed by atoms with Crippen LogP contribution in [-0.4, -0.2) is 55.3 Å². The average molecular weight is 601 g/mol. The monoisotopic (exact) mass is 600 g/mol. The molecule has 1 aromatic heterocycles. The summed E-state index contributed by atoms with van der Waals surface area (Å²) in [4.78, 5) is 38.9. The molecule has 0 unspecified atom stereocenters. The van der Waals surface area contributed by atoms with Crippen molar-refractivity contribution in [2.24, 2.45) is 5.73 Å². The molecule has 7 N–H and O–H groups in total. The maximum absolute atomic E-state index is 12.9. The Hall–Kier alpha value is -4.64. The lowest BCUT2D eigenvalue weighted by atomic mass is 10.1. The second kappa shape index (κ2) is 14.1. The first-order valence-electron chi connectivity index (χ1n) is 11.6. The number of carbonyl (C=O) groups is 2. The number of pyridine rings is 1. The first-order chi connectivity index (χ1) is 19.1. The topological polar surface area (TPSA) is 206 Å². The maximum atomic E-state index is 12.9. The van der Waals surface area contributed by atoms with Crippen molar-refractivity contribution in [3.05, 3.63) is 76.2 Å². The van der Waals surface area contributed by atoms with E-state index >= 15 is 0 Å². The van der Waals surface area contributed by atoms with Crippen LogP contribution >= 0.6 is 0 Å². The Bertz CT molecular complexity index is 1570. The van der Waals surface area contributed by atoms with Gasteiger partial charge in [0.05, 0.1) is 12.4 Å². The fraction of sp³-hybridized carbons (Fsp3) is 0.250. The third kappa shape index (κ3) is 10.5. The van der Waals surface area contributed by atoms with Gasteiger partial charge in [0.1, 0.15) is 12.2 Å². The van der Waals surface area contributed by atoms with Crippen molar-refractivity contribution < 1.29 is 41.1 Å². The molecule has 0 atom stereocenters. The Labute approximate surface area is 231 Å². The molecule has 1 amide bonds. The lowest BCUT2D eigenvalue weighted by Crippen LogP contribution is -2.37. The number of hydrogen-bond acceptors (Lipinski definition) is 7. The number of hydrogen-bond donors (Lipinski definition) is 6. The van der Waals surface area contributed by atoms with Gasteiger partial charge in [-0.1, -0.05) is 42.5 Å². The van der Waals surface area contributed by atoms with Gasteiger partial charge >= 0.3 is 12.1 Å². The molecule has 0 aliphatic heterocycles. The molecule has 3 aromatic rings. The molecule has 41 heavy (non-hydrogen) atoms. The molecule has 0 saturated carbocycles. The molecule has 0 aliphatic rings. The molecule has 0 fully saturated rings. The van der Waals surface area contributed by atoms with E-state index in [1.54, 1.807) is 25.1 Å². The summed E-state index contributed by atoms with van der Waals surface area (Å²) in [7, 11) is -3.90. The Morgan fingerprint density at radius 2 is 1.73 bits per heavy atom. The van der Waals surface area contributed by atoms with Crippen LogP contribution in [0.4, 0.5) is 18.9 Å². The van der Waals surface area contributed by atoms with E-state index in [1.807, 2.05) is 30.3 Å². The van der Waals surface area contributed by atoms with Crippen LogP contribution in [0.2, 0.25) is 0 Å². The Balaban J connectivity index is 0.000000745. The minimum atomic E-state index is -5.08. The molecule has 0 aliphatic carbocycles. The Morgan fingerprint density at radius 3 is 2.37 bits per heavy atom. The van der Waals surface area contributed by atoms with Crippen LogP contribution in [0.3, 0.4) is 0 Å². The number of alkyl halides is 3. The summed E-state index contributed by atoms with van der Waals surface area (Å²) in [5.41, 5.74) is 7.52. The molecule has 3 rings (SSSR count). The van der Waals surface area contributed by atoms with E-state index in [0.29, 0.717) is 11.3 Å². The van der Waals surface area contributed by atoms with Crippen molar-refractivity contribution >= 4 is 44.3 Å². The van der Waals surface area contributed by atoms with Crippen molar-refractivity contribution in [3.63, 3.8) is 0 Å². The van der Waals surface area contributed by atoms with Gasteiger partial charge in [-0.15, -0.1) is 0 Å². The van der Waals surface area contributed by atoms with Crippen LogP contribution in [0.1, 0.15) is 11.3 Å². The van der Waals surface area contributed by atoms with E-state index in [0.717, 1.165) is 10.8 Å². The van der Waals surface area contributed by atoms with E-state index in [1.165, 1.54) is 10.6 Å². The zero-order chi connectivity index (χ0) is 30.8. The van der Waals surface area contributed by atoms with Crippen molar-refractivity contribution in [2.75, 3.05) is 17.9 Å². The van der Waals surface area contributed by atoms with Crippen LogP contribution in [-0.2, 0) is 36.7 Å². The molecule has 0 bridgehead atoms. The third-order valence-electron chi connectivity index (χ3n) is 5.14. The molecule has 13 nitrogen and oxygen atoms in total. The van der Waals surface area contributed by atoms with Crippen LogP contribution < -0.4 is 26.8 Å². The van der Waals surface area contributed by atoms with Crippen LogP contribution in [0.15, 0.2) is 59.4 Å². The standard InChI is InChI=1S/C22H26N6O5S.C2HF3O2/c1-15-9-10-19(21(30)28(15)13-20(29)25-11-12-33-26-22(23)24)27-34(31,32)14-17-7-4-6-16-5-2-3-8-18(16)17;3-2(4,5)1(6)7/h2-10,27H,11-14H2,1H3,(H,25,29)(H4,23,24,26);(H,6,7). The highest BCUT2D eigenvalue weighted by molar-refractivity contribution is 7.91. The number of rotatable bonds is 10. The number of guanidine groups is 1. The fourth-order valence-corrected chi connectivity index (χ4v) is 4.57. The van der Waals surface area contributed by atoms with Gasteiger partial charge in [-0.3, -0.25) is 24.6 Å². The van der Waals surface area contributed by atoms with Gasteiger partial charge in [0.25, 0.3) is 5.56 Å². The summed E-state index contributed by atoms with van der Waals surface area (Å²) in [5.74, 6) is -3.90. The summed E-state index contributed by atoms with van der Waals surface area (Å²) in [6.07, 6.45) is -5.08. The Morgan fingerprint density at radius 1 is 1.10 bits per heavy atom. The van der Waals surface area contributed by atoms with Crippen LogP contribution in [0.5, 0.6) is 0 Å². The minimum Gasteiger partial charge on any atom is -0.475 e. The molecular formula is C24H27F3N6O7S. The lowest BCUT2D eigenvalue weighted by molar-refractivity contribution is -0.192.